The number of nitrogens with zero attached hydrogens (tertiary/aromatic N) is 2. The summed E-state index contributed by atoms with van der Waals surface area (Å²) in [6.45, 7) is 0.734. The molecule has 7 nitrogen and oxygen atoms in total. The van der Waals surface area contributed by atoms with Crippen molar-refractivity contribution in [2.24, 2.45) is 0 Å². The monoisotopic (exact) mass is 609 g/mol. The predicted molar refractivity (Wildman–Crippen MR) is 141 cm³/mol. The van der Waals surface area contributed by atoms with Gasteiger partial charge in [0.05, 0.1) is 10.6 Å². The van der Waals surface area contributed by atoms with Gasteiger partial charge in [-0.1, -0.05) is 36.4 Å². The molecule has 10 heteroatoms. The summed E-state index contributed by atoms with van der Waals surface area (Å²) in [5.41, 5.74) is 0.504. The Morgan fingerprint density at radius 2 is 1.57 bits per heavy atom. The summed E-state index contributed by atoms with van der Waals surface area (Å²) in [7, 11) is -2.69. The maximum atomic E-state index is 14.4. The van der Waals surface area contributed by atoms with Gasteiger partial charge in [-0.15, -0.1) is 0 Å². The molecule has 0 radical (unpaired) electrons. The van der Waals surface area contributed by atoms with Gasteiger partial charge in [-0.25, -0.2) is 12.8 Å². The van der Waals surface area contributed by atoms with Crippen LogP contribution in [0.5, 0.6) is 0 Å². The van der Waals surface area contributed by atoms with Gasteiger partial charge < -0.3 is 10.2 Å². The predicted octanol–water partition coefficient (Wildman–Crippen LogP) is 3.79. The number of rotatable bonds is 9. The van der Waals surface area contributed by atoms with Gasteiger partial charge in [0.15, 0.2) is 0 Å². The van der Waals surface area contributed by atoms with E-state index in [1.165, 1.54) is 49.2 Å². The van der Waals surface area contributed by atoms with Crippen LogP contribution in [-0.2, 0) is 26.2 Å². The van der Waals surface area contributed by atoms with Gasteiger partial charge in [0.2, 0.25) is 11.8 Å². The molecule has 0 aromatic heterocycles. The Bertz CT molecular complexity index is 1290. The Morgan fingerprint density at radius 1 is 0.971 bits per heavy atom. The Kier molecular flexibility index (Phi) is 8.84. The Balaban J connectivity index is 2.02. The zero-order chi connectivity index (χ0) is 25.6. The molecule has 0 heterocycles. The number of amides is 2. The van der Waals surface area contributed by atoms with Gasteiger partial charge in [0.1, 0.15) is 18.4 Å². The van der Waals surface area contributed by atoms with Crippen LogP contribution in [0.15, 0.2) is 83.8 Å². The van der Waals surface area contributed by atoms with Crippen molar-refractivity contribution in [1.29, 1.82) is 0 Å². The largest absolute Gasteiger partial charge is 0.357 e. The lowest BCUT2D eigenvalue weighted by molar-refractivity contribution is -0.139. The maximum absolute atomic E-state index is 14.4. The number of hydrogen-bond donors (Lipinski definition) is 1. The highest BCUT2D eigenvalue weighted by atomic mass is 127. The summed E-state index contributed by atoms with van der Waals surface area (Å²) in [4.78, 5) is 27.2. The Hall–Kier alpha value is -2.99. The molecular weight excluding hydrogens is 584 g/mol. The fourth-order valence-corrected chi connectivity index (χ4v) is 5.25. The van der Waals surface area contributed by atoms with Crippen LogP contribution in [0, 0.1) is 9.39 Å². The fraction of sp³-hybridized carbons (Fsp3) is 0.200. The van der Waals surface area contributed by atoms with E-state index < -0.39 is 40.2 Å². The number of carbonyl (C=O) groups is 2. The lowest BCUT2D eigenvalue weighted by Crippen LogP contribution is -2.50. The summed E-state index contributed by atoms with van der Waals surface area (Å²) >= 11 is 2.10. The summed E-state index contributed by atoms with van der Waals surface area (Å²) in [5, 5.41) is 2.49. The first-order chi connectivity index (χ1) is 16.6. The second kappa shape index (κ2) is 11.6. The highest BCUT2D eigenvalue weighted by molar-refractivity contribution is 14.1. The average molecular weight is 609 g/mol. The second-order valence-corrected chi connectivity index (χ2v) is 10.8. The van der Waals surface area contributed by atoms with E-state index in [0.717, 1.165) is 7.88 Å². The van der Waals surface area contributed by atoms with Crippen molar-refractivity contribution in [2.75, 3.05) is 17.9 Å². The summed E-state index contributed by atoms with van der Waals surface area (Å²) in [6, 6.07) is 19.4. The molecule has 1 N–H and O–H groups in total. The van der Waals surface area contributed by atoms with E-state index in [2.05, 4.69) is 27.9 Å². The number of hydrogen-bond acceptors (Lipinski definition) is 4. The van der Waals surface area contributed by atoms with Gasteiger partial charge in [-0.05, 0) is 72.0 Å². The highest BCUT2D eigenvalue weighted by Crippen LogP contribution is 2.25. The molecule has 0 saturated carbocycles. The van der Waals surface area contributed by atoms with Crippen LogP contribution in [0.4, 0.5) is 10.1 Å². The smallest absolute Gasteiger partial charge is 0.264 e. The third kappa shape index (κ3) is 6.37. The molecule has 2 amide bonds. The lowest BCUT2D eigenvalue weighted by atomic mass is 10.1. The van der Waals surface area contributed by atoms with E-state index in [4.69, 9.17) is 0 Å². The zero-order valence-corrected chi connectivity index (χ0v) is 22.2. The normalized spacial score (nSPS) is 12.0. The first-order valence-electron chi connectivity index (χ1n) is 10.7. The van der Waals surface area contributed by atoms with Crippen molar-refractivity contribution in [1.82, 2.24) is 10.2 Å². The number of benzene rings is 3. The van der Waals surface area contributed by atoms with Crippen LogP contribution in [-0.4, -0.2) is 44.8 Å². The summed E-state index contributed by atoms with van der Waals surface area (Å²) < 4.78 is 43.4. The number of halogens is 2. The molecular formula is C25H25FIN3O4S. The van der Waals surface area contributed by atoms with Gasteiger partial charge in [-0.2, -0.15) is 0 Å². The van der Waals surface area contributed by atoms with E-state index in [1.807, 2.05) is 0 Å². The number of carbonyl (C=O) groups excluding carboxylic acids is 2. The molecule has 1 atom stereocenters. The van der Waals surface area contributed by atoms with Gasteiger partial charge >= 0.3 is 0 Å². The van der Waals surface area contributed by atoms with E-state index in [0.29, 0.717) is 5.69 Å². The fourth-order valence-electron chi connectivity index (χ4n) is 3.46. The minimum absolute atomic E-state index is 0.0198. The number of nitrogens with one attached hydrogen (secondary N) is 1. The van der Waals surface area contributed by atoms with Crippen LogP contribution < -0.4 is 9.62 Å². The Labute approximate surface area is 218 Å². The molecule has 0 unspecified atom stereocenters. The van der Waals surface area contributed by atoms with Crippen LogP contribution in [0.2, 0.25) is 0 Å². The van der Waals surface area contributed by atoms with E-state index in [9.17, 15) is 22.4 Å². The highest BCUT2D eigenvalue weighted by Gasteiger charge is 2.32. The van der Waals surface area contributed by atoms with Crippen molar-refractivity contribution in [3.63, 3.8) is 0 Å². The van der Waals surface area contributed by atoms with Crippen molar-refractivity contribution in [2.45, 2.75) is 24.4 Å². The summed E-state index contributed by atoms with van der Waals surface area (Å²) in [6.07, 6.45) is 0. The topological polar surface area (TPSA) is 86.8 Å². The molecule has 3 rings (SSSR count). The molecule has 0 aliphatic carbocycles. The van der Waals surface area contributed by atoms with Crippen molar-refractivity contribution >= 4 is 50.1 Å². The van der Waals surface area contributed by atoms with Gasteiger partial charge in [0.25, 0.3) is 10.0 Å². The first kappa shape index (κ1) is 26.6. The van der Waals surface area contributed by atoms with Crippen LogP contribution >= 0.6 is 22.6 Å². The molecule has 0 bridgehead atoms. The molecule has 35 heavy (non-hydrogen) atoms. The minimum Gasteiger partial charge on any atom is -0.357 e. The number of sulfonamides is 1. The molecule has 0 aliphatic rings. The molecule has 0 fully saturated rings. The summed E-state index contributed by atoms with van der Waals surface area (Å²) in [5.74, 6) is -1.63. The molecule has 184 valence electrons. The van der Waals surface area contributed by atoms with Crippen molar-refractivity contribution in [3.8, 4) is 0 Å². The second-order valence-electron chi connectivity index (χ2n) is 7.70. The Morgan fingerprint density at radius 3 is 2.17 bits per heavy atom. The zero-order valence-electron chi connectivity index (χ0n) is 19.2. The average Bonchev–Trinajstić information content (AvgIpc) is 2.86. The molecule has 0 saturated heterocycles. The SMILES string of the molecule is CNC(=O)[C@@H](C)N(Cc1ccccc1F)C(=O)CN(c1ccc(I)cc1)S(=O)(=O)c1ccccc1. The third-order valence-corrected chi connectivity index (χ3v) is 7.94. The van der Waals surface area contributed by atoms with Gasteiger partial charge in [-0.3, -0.25) is 13.9 Å². The van der Waals surface area contributed by atoms with Crippen molar-refractivity contribution < 1.29 is 22.4 Å². The maximum Gasteiger partial charge on any atom is 0.264 e. The molecule has 3 aromatic rings. The minimum atomic E-state index is -4.12. The molecule has 3 aromatic carbocycles. The third-order valence-electron chi connectivity index (χ3n) is 5.44. The first-order valence-corrected chi connectivity index (χ1v) is 13.2. The lowest BCUT2D eigenvalue weighted by Gasteiger charge is -2.31. The van der Waals surface area contributed by atoms with Crippen LogP contribution in [0.3, 0.4) is 0 Å². The molecule has 0 aliphatic heterocycles. The quantitative estimate of drug-likeness (QED) is 0.375. The van der Waals surface area contributed by atoms with Crippen LogP contribution in [0.25, 0.3) is 0 Å². The van der Waals surface area contributed by atoms with E-state index >= 15 is 0 Å². The van der Waals surface area contributed by atoms with Crippen LogP contribution in [0.1, 0.15) is 12.5 Å². The molecule has 0 spiro atoms. The van der Waals surface area contributed by atoms with Gasteiger partial charge in [0, 0.05) is 22.7 Å². The standard InChI is InChI=1S/C25H25FIN3O4S/c1-18(25(32)28-2)29(16-19-8-6-7-11-23(19)26)24(31)17-30(21-14-12-20(27)13-15-21)35(33,34)22-9-4-3-5-10-22/h3-15,18H,16-17H2,1-2H3,(H,28,32)/t18-/m1/s1. The van der Waals surface area contributed by atoms with E-state index in [-0.39, 0.29) is 17.0 Å². The van der Waals surface area contributed by atoms with Crippen molar-refractivity contribution in [3.05, 3.63) is 93.8 Å². The van der Waals surface area contributed by atoms with E-state index in [1.54, 1.807) is 48.5 Å². The number of anilines is 1. The number of likely N-dealkylation sites (N-methyl/N-ethyl adjacent to an activating group) is 1.